The van der Waals surface area contributed by atoms with Gasteiger partial charge in [-0.3, -0.25) is 0 Å². The lowest BCUT2D eigenvalue weighted by atomic mass is 10.1. The zero-order chi connectivity index (χ0) is 11.9. The predicted molar refractivity (Wildman–Crippen MR) is 68.5 cm³/mol. The Bertz CT molecular complexity index is 457. The minimum absolute atomic E-state index is 0.599. The Hall–Kier alpha value is -2.14. The molecule has 1 aromatic heterocycles. The van der Waals surface area contributed by atoms with Crippen molar-refractivity contribution in [3.63, 3.8) is 0 Å². The molecule has 88 valence electrons. The third kappa shape index (κ3) is 3.42. The van der Waals surface area contributed by atoms with Crippen molar-refractivity contribution in [2.24, 2.45) is 5.84 Å². The van der Waals surface area contributed by atoms with E-state index in [9.17, 15) is 0 Å². The van der Waals surface area contributed by atoms with Gasteiger partial charge in [0, 0.05) is 12.6 Å². The molecular formula is C12H15N5. The van der Waals surface area contributed by atoms with Crippen LogP contribution in [0.4, 0.5) is 11.6 Å². The first kappa shape index (κ1) is 11.3. The molecule has 2 aromatic rings. The second kappa shape index (κ2) is 5.81. The lowest BCUT2D eigenvalue weighted by molar-refractivity contribution is 0.998. The van der Waals surface area contributed by atoms with Crippen LogP contribution < -0.4 is 16.6 Å². The first-order valence-electron chi connectivity index (χ1n) is 5.45. The molecule has 0 bridgehead atoms. The number of aromatic nitrogens is 2. The fourth-order valence-electron chi connectivity index (χ4n) is 1.51. The van der Waals surface area contributed by atoms with Crippen molar-refractivity contribution in [3.8, 4) is 0 Å². The van der Waals surface area contributed by atoms with E-state index in [1.54, 1.807) is 6.07 Å². The number of benzene rings is 1. The van der Waals surface area contributed by atoms with Crippen molar-refractivity contribution >= 4 is 11.6 Å². The van der Waals surface area contributed by atoms with E-state index in [0.29, 0.717) is 5.82 Å². The van der Waals surface area contributed by atoms with Gasteiger partial charge in [0.05, 0.1) is 0 Å². The fraction of sp³-hybridized carbons (Fsp3) is 0.167. The normalized spacial score (nSPS) is 9.94. The number of hydrogen-bond donors (Lipinski definition) is 3. The van der Waals surface area contributed by atoms with Gasteiger partial charge in [0.2, 0.25) is 0 Å². The maximum absolute atomic E-state index is 5.27. The Morgan fingerprint density at radius 1 is 1.06 bits per heavy atom. The van der Waals surface area contributed by atoms with Gasteiger partial charge in [-0.1, -0.05) is 30.3 Å². The Kier molecular flexibility index (Phi) is 3.88. The minimum atomic E-state index is 0.599. The van der Waals surface area contributed by atoms with E-state index in [0.717, 1.165) is 18.8 Å². The number of nitrogens with one attached hydrogen (secondary N) is 2. The first-order valence-corrected chi connectivity index (χ1v) is 5.45. The summed E-state index contributed by atoms with van der Waals surface area (Å²) in [6.45, 7) is 0.824. The van der Waals surface area contributed by atoms with Crippen molar-refractivity contribution < 1.29 is 0 Å². The van der Waals surface area contributed by atoms with E-state index in [2.05, 4.69) is 32.8 Å². The van der Waals surface area contributed by atoms with E-state index in [4.69, 9.17) is 5.84 Å². The van der Waals surface area contributed by atoms with Gasteiger partial charge in [0.1, 0.15) is 18.0 Å². The van der Waals surface area contributed by atoms with Crippen LogP contribution in [0.3, 0.4) is 0 Å². The summed E-state index contributed by atoms with van der Waals surface area (Å²) in [4.78, 5) is 8.04. The molecule has 1 heterocycles. The Morgan fingerprint density at radius 2 is 1.82 bits per heavy atom. The molecule has 0 saturated heterocycles. The molecular weight excluding hydrogens is 214 g/mol. The molecule has 0 fully saturated rings. The molecule has 0 spiro atoms. The van der Waals surface area contributed by atoms with Gasteiger partial charge in [0.25, 0.3) is 0 Å². The standard InChI is InChI=1S/C12H15N5/c13-17-12-8-11(15-9-16-12)14-7-6-10-4-2-1-3-5-10/h1-5,8-9H,6-7,13H2,(H2,14,15,16,17). The highest BCUT2D eigenvalue weighted by Crippen LogP contribution is 2.07. The highest BCUT2D eigenvalue weighted by atomic mass is 15.3. The SMILES string of the molecule is NNc1cc(NCCc2ccccc2)ncn1. The van der Waals surface area contributed by atoms with Crippen LogP contribution in [-0.4, -0.2) is 16.5 Å². The van der Waals surface area contributed by atoms with Gasteiger partial charge >= 0.3 is 0 Å². The third-order valence-corrected chi connectivity index (χ3v) is 2.38. The summed E-state index contributed by atoms with van der Waals surface area (Å²) in [5, 5.41) is 3.22. The average Bonchev–Trinajstić information content (AvgIpc) is 2.40. The summed E-state index contributed by atoms with van der Waals surface area (Å²) in [6, 6.07) is 12.1. The van der Waals surface area contributed by atoms with Crippen molar-refractivity contribution in [2.45, 2.75) is 6.42 Å². The third-order valence-electron chi connectivity index (χ3n) is 2.38. The summed E-state index contributed by atoms with van der Waals surface area (Å²) in [7, 11) is 0. The van der Waals surface area contributed by atoms with E-state index < -0.39 is 0 Å². The number of hydrogen-bond acceptors (Lipinski definition) is 5. The van der Waals surface area contributed by atoms with Crippen LogP contribution in [0, 0.1) is 0 Å². The molecule has 0 saturated carbocycles. The molecule has 0 radical (unpaired) electrons. The van der Waals surface area contributed by atoms with Gasteiger partial charge in [-0.15, -0.1) is 0 Å². The van der Waals surface area contributed by atoms with Crippen molar-refractivity contribution in [2.75, 3.05) is 17.3 Å². The summed E-state index contributed by atoms with van der Waals surface area (Å²) in [5.74, 6) is 6.64. The van der Waals surface area contributed by atoms with Crippen LogP contribution in [0.2, 0.25) is 0 Å². The van der Waals surface area contributed by atoms with Crippen LogP contribution in [0.25, 0.3) is 0 Å². The molecule has 0 aliphatic carbocycles. The zero-order valence-electron chi connectivity index (χ0n) is 9.43. The molecule has 0 atom stereocenters. The quantitative estimate of drug-likeness (QED) is 0.534. The highest BCUT2D eigenvalue weighted by molar-refractivity contribution is 5.45. The molecule has 2 rings (SSSR count). The summed E-state index contributed by atoms with van der Waals surface area (Å²) >= 11 is 0. The molecule has 0 aliphatic heterocycles. The Balaban J connectivity index is 1.86. The molecule has 5 nitrogen and oxygen atoms in total. The van der Waals surface area contributed by atoms with Crippen LogP contribution >= 0.6 is 0 Å². The average molecular weight is 229 g/mol. The van der Waals surface area contributed by atoms with Crippen LogP contribution in [0.15, 0.2) is 42.7 Å². The molecule has 5 heteroatoms. The van der Waals surface area contributed by atoms with Crippen LogP contribution in [0.1, 0.15) is 5.56 Å². The lowest BCUT2D eigenvalue weighted by Crippen LogP contribution is -2.11. The topological polar surface area (TPSA) is 75.9 Å². The minimum Gasteiger partial charge on any atom is -0.370 e. The molecule has 0 amide bonds. The van der Waals surface area contributed by atoms with Crippen LogP contribution in [0.5, 0.6) is 0 Å². The van der Waals surface area contributed by atoms with Gasteiger partial charge in [-0.05, 0) is 12.0 Å². The van der Waals surface area contributed by atoms with Gasteiger partial charge in [0.15, 0.2) is 0 Å². The number of anilines is 2. The summed E-state index contributed by atoms with van der Waals surface area (Å²) in [6.07, 6.45) is 2.43. The zero-order valence-corrected chi connectivity index (χ0v) is 9.43. The maximum Gasteiger partial charge on any atom is 0.145 e. The molecule has 4 N–H and O–H groups in total. The smallest absolute Gasteiger partial charge is 0.145 e. The molecule has 0 aliphatic rings. The maximum atomic E-state index is 5.27. The number of hydrazine groups is 1. The summed E-state index contributed by atoms with van der Waals surface area (Å²) in [5.41, 5.74) is 3.78. The number of nitrogens with zero attached hydrogens (tertiary/aromatic N) is 2. The molecule has 0 unspecified atom stereocenters. The monoisotopic (exact) mass is 229 g/mol. The fourth-order valence-corrected chi connectivity index (χ4v) is 1.51. The first-order chi connectivity index (χ1) is 8.38. The number of rotatable bonds is 5. The Morgan fingerprint density at radius 3 is 2.59 bits per heavy atom. The van der Waals surface area contributed by atoms with Crippen LogP contribution in [-0.2, 0) is 6.42 Å². The number of nitrogen functional groups attached to an aromatic ring is 1. The van der Waals surface area contributed by atoms with Crippen molar-refractivity contribution in [1.29, 1.82) is 0 Å². The van der Waals surface area contributed by atoms with Crippen molar-refractivity contribution in [1.82, 2.24) is 9.97 Å². The summed E-state index contributed by atoms with van der Waals surface area (Å²) < 4.78 is 0. The molecule has 1 aromatic carbocycles. The van der Waals surface area contributed by atoms with Gasteiger partial charge in [-0.2, -0.15) is 0 Å². The Labute approximate surface area is 100 Å². The van der Waals surface area contributed by atoms with Crippen molar-refractivity contribution in [3.05, 3.63) is 48.3 Å². The lowest BCUT2D eigenvalue weighted by Gasteiger charge is -2.06. The van der Waals surface area contributed by atoms with Gasteiger partial charge < -0.3 is 10.7 Å². The molecule has 17 heavy (non-hydrogen) atoms. The van der Waals surface area contributed by atoms with E-state index >= 15 is 0 Å². The van der Waals surface area contributed by atoms with E-state index in [-0.39, 0.29) is 0 Å². The van der Waals surface area contributed by atoms with E-state index in [1.165, 1.54) is 11.9 Å². The second-order valence-corrected chi connectivity index (χ2v) is 3.60. The largest absolute Gasteiger partial charge is 0.370 e. The predicted octanol–water partition coefficient (Wildman–Crippen LogP) is 1.42. The van der Waals surface area contributed by atoms with Gasteiger partial charge in [-0.25, -0.2) is 15.8 Å². The highest BCUT2D eigenvalue weighted by Gasteiger charge is 1.96. The second-order valence-electron chi connectivity index (χ2n) is 3.60. The van der Waals surface area contributed by atoms with E-state index in [1.807, 2.05) is 18.2 Å². The number of nitrogens with two attached hydrogens (primary N) is 1.